The van der Waals surface area contributed by atoms with E-state index in [0.29, 0.717) is 12.2 Å². The van der Waals surface area contributed by atoms with Crippen molar-refractivity contribution in [1.82, 2.24) is 0 Å². The van der Waals surface area contributed by atoms with Gasteiger partial charge in [-0.25, -0.2) is 0 Å². The van der Waals surface area contributed by atoms with Crippen molar-refractivity contribution in [2.45, 2.75) is 70.9 Å². The van der Waals surface area contributed by atoms with Gasteiger partial charge in [0, 0.05) is 11.8 Å². The zero-order valence-electron chi connectivity index (χ0n) is 19.8. The first-order valence-electron chi connectivity index (χ1n) is 11.9. The van der Waals surface area contributed by atoms with Gasteiger partial charge in [0.25, 0.3) is 0 Å². The summed E-state index contributed by atoms with van der Waals surface area (Å²) < 4.78 is 0. The van der Waals surface area contributed by atoms with E-state index in [9.17, 15) is 4.79 Å². The number of ketones is 1. The second kappa shape index (κ2) is 7.88. The SMILES string of the molecule is C=CCCC(=O)C12CC(C1)C[C@@]2(C)C[Si](c1ccccc1)(c1ccccc1)C(C)(C)C. The maximum atomic E-state index is 13.6. The average molecular weight is 431 g/mol. The van der Waals surface area contributed by atoms with Gasteiger partial charge in [0.05, 0.1) is 0 Å². The molecule has 31 heavy (non-hydrogen) atoms. The van der Waals surface area contributed by atoms with Gasteiger partial charge >= 0.3 is 0 Å². The zero-order chi connectivity index (χ0) is 22.3. The van der Waals surface area contributed by atoms with E-state index in [1.54, 1.807) is 0 Å². The van der Waals surface area contributed by atoms with Crippen molar-refractivity contribution in [2.75, 3.05) is 0 Å². The summed E-state index contributed by atoms with van der Waals surface area (Å²) in [7, 11) is -2.20. The molecular weight excluding hydrogens is 392 g/mol. The molecule has 2 bridgehead atoms. The lowest BCUT2D eigenvalue weighted by atomic mass is 9.58. The molecule has 0 N–H and O–H groups in total. The van der Waals surface area contributed by atoms with E-state index in [4.69, 9.17) is 0 Å². The number of fused-ring (bicyclic) bond motifs is 1. The van der Waals surface area contributed by atoms with Crippen molar-refractivity contribution in [2.24, 2.45) is 16.7 Å². The molecule has 0 aromatic heterocycles. The van der Waals surface area contributed by atoms with Crippen LogP contribution in [0.15, 0.2) is 73.3 Å². The fourth-order valence-electron chi connectivity index (χ4n) is 7.21. The van der Waals surface area contributed by atoms with Crippen LogP contribution in [0, 0.1) is 16.7 Å². The summed E-state index contributed by atoms with van der Waals surface area (Å²) in [6.45, 7) is 13.6. The van der Waals surface area contributed by atoms with Crippen molar-refractivity contribution in [1.29, 1.82) is 0 Å². The monoisotopic (exact) mass is 430 g/mol. The first-order chi connectivity index (χ1) is 14.7. The summed E-state index contributed by atoms with van der Waals surface area (Å²) in [6, 6.07) is 23.7. The third-order valence-corrected chi connectivity index (χ3v) is 15.3. The van der Waals surface area contributed by atoms with Crippen LogP contribution in [0.4, 0.5) is 0 Å². The molecule has 0 saturated heterocycles. The fourth-order valence-corrected chi connectivity index (χ4v) is 13.4. The second-order valence-corrected chi connectivity index (χ2v) is 16.3. The van der Waals surface area contributed by atoms with Crippen LogP contribution in [-0.4, -0.2) is 13.9 Å². The van der Waals surface area contributed by atoms with E-state index >= 15 is 0 Å². The molecule has 1 atom stereocenters. The number of carbonyl (C=O) groups is 1. The average Bonchev–Trinajstić information content (AvgIpc) is 3.18. The van der Waals surface area contributed by atoms with Crippen LogP contribution in [0.1, 0.15) is 59.8 Å². The van der Waals surface area contributed by atoms with Crippen molar-refractivity contribution in [3.05, 3.63) is 73.3 Å². The lowest BCUT2D eigenvalue weighted by Crippen LogP contribution is -2.67. The van der Waals surface area contributed by atoms with E-state index in [1.165, 1.54) is 16.8 Å². The first kappa shape index (κ1) is 22.3. The molecule has 0 aliphatic heterocycles. The van der Waals surface area contributed by atoms with E-state index in [2.05, 4.69) is 94.9 Å². The number of allylic oxidation sites excluding steroid dienone is 1. The largest absolute Gasteiger partial charge is 0.299 e. The highest BCUT2D eigenvalue weighted by molar-refractivity contribution is 7.04. The van der Waals surface area contributed by atoms with Crippen LogP contribution in [0.2, 0.25) is 11.1 Å². The van der Waals surface area contributed by atoms with Crippen LogP contribution < -0.4 is 10.4 Å². The Morgan fingerprint density at radius 2 is 1.52 bits per heavy atom. The summed E-state index contributed by atoms with van der Waals surface area (Å²) >= 11 is 0. The van der Waals surface area contributed by atoms with Gasteiger partial charge in [-0.2, -0.15) is 0 Å². The Balaban J connectivity index is 1.86. The standard InChI is InChI=1S/C29H38OSi/c1-6-7-18-26(30)29-20-23(21-29)19-28(29,5)22-31(27(2,3)4,24-14-10-8-11-15-24)25-16-12-9-13-17-25/h6,8-17,23H,1,7,18-22H2,2-5H3/t23?,28-,29?/m0/s1. The molecule has 0 spiro atoms. The quantitative estimate of drug-likeness (QED) is 0.350. The Hall–Kier alpha value is -1.93. The van der Waals surface area contributed by atoms with Crippen LogP contribution in [0.25, 0.3) is 0 Å². The summed E-state index contributed by atoms with van der Waals surface area (Å²) in [5, 5.41) is 3.15. The lowest BCUT2D eigenvalue weighted by Gasteiger charge is -2.53. The molecule has 5 rings (SSSR count). The molecule has 3 aliphatic rings. The summed E-state index contributed by atoms with van der Waals surface area (Å²) in [4.78, 5) is 13.6. The predicted octanol–water partition coefficient (Wildman–Crippen LogP) is 6.39. The van der Waals surface area contributed by atoms with Crippen molar-refractivity contribution < 1.29 is 4.79 Å². The number of carbonyl (C=O) groups excluding carboxylic acids is 1. The van der Waals surface area contributed by atoms with Gasteiger partial charge in [-0.1, -0.05) is 105 Å². The number of Topliss-reactive ketones (excluding diaryl/α,β-unsaturated/α-hetero) is 1. The van der Waals surface area contributed by atoms with Crippen molar-refractivity contribution >= 4 is 24.2 Å². The molecule has 164 valence electrons. The molecule has 0 heterocycles. The zero-order valence-corrected chi connectivity index (χ0v) is 20.8. The van der Waals surface area contributed by atoms with E-state index < -0.39 is 8.07 Å². The van der Waals surface area contributed by atoms with Crippen LogP contribution >= 0.6 is 0 Å². The molecule has 2 heteroatoms. The molecule has 0 amide bonds. The Labute approximate surface area is 190 Å². The molecule has 3 fully saturated rings. The lowest BCUT2D eigenvalue weighted by molar-refractivity contribution is -0.138. The molecule has 0 unspecified atom stereocenters. The third-order valence-electron chi connectivity index (χ3n) is 8.75. The normalized spacial score (nSPS) is 27.5. The van der Waals surface area contributed by atoms with Gasteiger partial charge in [0.1, 0.15) is 13.9 Å². The highest BCUT2D eigenvalue weighted by Crippen LogP contribution is 2.72. The maximum absolute atomic E-state index is 13.6. The molecule has 3 aliphatic carbocycles. The van der Waals surface area contributed by atoms with Crippen LogP contribution in [0.5, 0.6) is 0 Å². The van der Waals surface area contributed by atoms with Gasteiger partial charge < -0.3 is 0 Å². The number of hydrogen-bond donors (Lipinski definition) is 0. The molecule has 2 aromatic carbocycles. The number of hydrogen-bond acceptors (Lipinski definition) is 1. The molecule has 3 saturated carbocycles. The van der Waals surface area contributed by atoms with Gasteiger partial charge in [0.2, 0.25) is 0 Å². The van der Waals surface area contributed by atoms with Crippen LogP contribution in [0.3, 0.4) is 0 Å². The predicted molar refractivity (Wildman–Crippen MR) is 135 cm³/mol. The fraction of sp³-hybridized carbons (Fsp3) is 0.483. The van der Waals surface area contributed by atoms with Gasteiger partial charge in [-0.15, -0.1) is 6.58 Å². The Morgan fingerprint density at radius 1 is 1.00 bits per heavy atom. The van der Waals surface area contributed by atoms with Gasteiger partial charge in [-0.05, 0) is 48.1 Å². The van der Waals surface area contributed by atoms with Crippen molar-refractivity contribution in [3.63, 3.8) is 0 Å². The molecular formula is C29H38OSi. The number of benzene rings is 2. The van der Waals surface area contributed by atoms with Crippen molar-refractivity contribution in [3.8, 4) is 0 Å². The smallest absolute Gasteiger partial charge is 0.139 e. The van der Waals surface area contributed by atoms with Gasteiger partial charge in [-0.3, -0.25) is 4.79 Å². The Morgan fingerprint density at radius 3 is 1.97 bits per heavy atom. The maximum Gasteiger partial charge on any atom is 0.139 e. The molecule has 1 nitrogen and oxygen atoms in total. The molecule has 0 radical (unpaired) electrons. The second-order valence-electron chi connectivity index (χ2n) is 11.4. The minimum absolute atomic E-state index is 0.0705. The highest BCUT2D eigenvalue weighted by Gasteiger charge is 2.69. The highest BCUT2D eigenvalue weighted by atomic mass is 28.3. The first-order valence-corrected chi connectivity index (χ1v) is 14.1. The Kier molecular flexibility index (Phi) is 5.66. The van der Waals surface area contributed by atoms with E-state index in [0.717, 1.165) is 31.2 Å². The molecule has 2 aromatic rings. The minimum Gasteiger partial charge on any atom is -0.299 e. The number of rotatable bonds is 8. The summed E-state index contributed by atoms with van der Waals surface area (Å²) in [6.07, 6.45) is 6.79. The third kappa shape index (κ3) is 3.38. The minimum atomic E-state index is -2.20. The van der Waals surface area contributed by atoms with Gasteiger partial charge in [0.15, 0.2) is 0 Å². The van der Waals surface area contributed by atoms with E-state index in [1.807, 2.05) is 6.08 Å². The summed E-state index contributed by atoms with van der Waals surface area (Å²) in [5.41, 5.74) is -0.0468. The Bertz CT molecular complexity index is 894. The topological polar surface area (TPSA) is 17.1 Å². The summed E-state index contributed by atoms with van der Waals surface area (Å²) in [5.74, 6) is 1.23. The van der Waals surface area contributed by atoms with E-state index in [-0.39, 0.29) is 15.9 Å². The van der Waals surface area contributed by atoms with Crippen LogP contribution in [-0.2, 0) is 4.79 Å².